The maximum atomic E-state index is 11.9. The molecule has 0 aliphatic rings. The molecular weight excluding hydrogens is 334 g/mol. The van der Waals surface area contributed by atoms with Crippen molar-refractivity contribution in [2.75, 3.05) is 12.8 Å². The van der Waals surface area contributed by atoms with Crippen LogP contribution in [-0.2, 0) is 21.4 Å². The van der Waals surface area contributed by atoms with Gasteiger partial charge in [-0.25, -0.2) is 12.7 Å². The summed E-state index contributed by atoms with van der Waals surface area (Å²) >= 11 is 3.36. The number of halogens is 1. The zero-order valence-electron chi connectivity index (χ0n) is 10.5. The monoisotopic (exact) mass is 349 g/mol. The fourth-order valence-corrected chi connectivity index (χ4v) is 3.09. The van der Waals surface area contributed by atoms with Gasteiger partial charge in [0, 0.05) is 24.5 Å². The van der Waals surface area contributed by atoms with Gasteiger partial charge in [0.2, 0.25) is 10.0 Å². The molecule has 0 spiro atoms. The highest BCUT2D eigenvalue weighted by molar-refractivity contribution is 9.10. The Bertz CT molecular complexity index is 544. The average Bonchev–Trinajstić information content (AvgIpc) is 2.31. The minimum atomic E-state index is -3.42. The molecule has 0 atom stereocenters. The third-order valence-corrected chi connectivity index (χ3v) is 5.28. The summed E-state index contributed by atoms with van der Waals surface area (Å²) in [6, 6.07) is 7.38. The molecule has 0 fully saturated rings. The quantitative estimate of drug-likeness (QED) is 0.817. The average molecular weight is 350 g/mol. The molecule has 1 N–H and O–H groups in total. The molecule has 0 heterocycles. The molecule has 106 valence electrons. The molecule has 1 aromatic rings. The highest BCUT2D eigenvalue weighted by Crippen LogP contribution is 2.18. The predicted octanol–water partition coefficient (Wildman–Crippen LogP) is 2.08. The molecule has 0 saturated heterocycles. The molecule has 19 heavy (non-hydrogen) atoms. The lowest BCUT2D eigenvalue weighted by atomic mass is 10.2. The Labute approximate surface area is 121 Å². The Morgan fingerprint density at radius 1 is 1.37 bits per heavy atom. The molecule has 1 rings (SSSR count). The molecule has 0 aliphatic carbocycles. The van der Waals surface area contributed by atoms with Gasteiger partial charge in [-0.05, 0) is 18.1 Å². The summed E-state index contributed by atoms with van der Waals surface area (Å²) in [6.45, 7) is 0.261. The number of rotatable bonds is 7. The van der Waals surface area contributed by atoms with Gasteiger partial charge in [0.25, 0.3) is 0 Å². The van der Waals surface area contributed by atoms with Crippen LogP contribution in [0.2, 0.25) is 0 Å². The number of carboxylic acids is 1. The first-order valence-electron chi connectivity index (χ1n) is 5.72. The highest BCUT2D eigenvalue weighted by atomic mass is 79.9. The minimum absolute atomic E-state index is 0.123. The van der Waals surface area contributed by atoms with E-state index in [0.29, 0.717) is 0 Å². The van der Waals surface area contributed by atoms with Gasteiger partial charge in [0.05, 0.1) is 5.75 Å². The van der Waals surface area contributed by atoms with Crippen molar-refractivity contribution in [3.8, 4) is 0 Å². The molecule has 0 radical (unpaired) electrons. The fourth-order valence-electron chi connectivity index (χ4n) is 1.53. The lowest BCUT2D eigenvalue weighted by Gasteiger charge is -2.17. The molecule has 0 bridgehead atoms. The van der Waals surface area contributed by atoms with Crippen molar-refractivity contribution in [2.24, 2.45) is 0 Å². The van der Waals surface area contributed by atoms with Crippen LogP contribution in [-0.4, -0.2) is 36.6 Å². The van der Waals surface area contributed by atoms with Crippen LogP contribution in [0.1, 0.15) is 18.4 Å². The molecule has 5 nitrogen and oxygen atoms in total. The van der Waals surface area contributed by atoms with E-state index in [4.69, 9.17) is 5.11 Å². The van der Waals surface area contributed by atoms with Gasteiger partial charge in [-0.15, -0.1) is 0 Å². The van der Waals surface area contributed by atoms with E-state index in [1.54, 1.807) is 0 Å². The minimum Gasteiger partial charge on any atom is -0.481 e. The van der Waals surface area contributed by atoms with Crippen LogP contribution in [0.4, 0.5) is 0 Å². The van der Waals surface area contributed by atoms with E-state index < -0.39 is 16.0 Å². The zero-order chi connectivity index (χ0) is 14.5. The van der Waals surface area contributed by atoms with Crippen molar-refractivity contribution in [3.05, 3.63) is 34.3 Å². The van der Waals surface area contributed by atoms with E-state index in [2.05, 4.69) is 15.9 Å². The number of hydrogen-bond donors (Lipinski definition) is 1. The van der Waals surface area contributed by atoms with Crippen LogP contribution in [0.3, 0.4) is 0 Å². The molecule has 0 aliphatic heterocycles. The molecule has 0 aromatic heterocycles. The van der Waals surface area contributed by atoms with Gasteiger partial charge in [-0.2, -0.15) is 0 Å². The summed E-state index contributed by atoms with van der Waals surface area (Å²) < 4.78 is 26.0. The molecule has 0 unspecified atom stereocenters. The lowest BCUT2D eigenvalue weighted by Crippen LogP contribution is -2.29. The van der Waals surface area contributed by atoms with Crippen LogP contribution in [0.5, 0.6) is 0 Å². The summed E-state index contributed by atoms with van der Waals surface area (Å²) in [7, 11) is -1.93. The van der Waals surface area contributed by atoms with E-state index in [9.17, 15) is 13.2 Å². The SMILES string of the molecule is CN(Cc1ccccc1Br)S(=O)(=O)CCCC(=O)O. The number of sulfonamides is 1. The van der Waals surface area contributed by atoms with E-state index in [-0.39, 0.29) is 25.1 Å². The summed E-state index contributed by atoms with van der Waals surface area (Å²) in [4.78, 5) is 10.4. The van der Waals surface area contributed by atoms with Crippen molar-refractivity contribution < 1.29 is 18.3 Å². The first kappa shape index (κ1) is 16.1. The number of nitrogens with zero attached hydrogens (tertiary/aromatic N) is 1. The zero-order valence-corrected chi connectivity index (χ0v) is 12.9. The van der Waals surface area contributed by atoms with Crippen LogP contribution in [0, 0.1) is 0 Å². The van der Waals surface area contributed by atoms with Gasteiger partial charge >= 0.3 is 5.97 Å². The Morgan fingerprint density at radius 3 is 2.58 bits per heavy atom. The molecule has 1 aromatic carbocycles. The third-order valence-electron chi connectivity index (χ3n) is 2.62. The van der Waals surface area contributed by atoms with E-state index in [1.807, 2.05) is 24.3 Å². The maximum absolute atomic E-state index is 11.9. The van der Waals surface area contributed by atoms with Gasteiger partial charge in [0.1, 0.15) is 0 Å². The molecule has 0 amide bonds. The van der Waals surface area contributed by atoms with Crippen LogP contribution >= 0.6 is 15.9 Å². The second-order valence-corrected chi connectivity index (χ2v) is 7.21. The smallest absolute Gasteiger partial charge is 0.303 e. The first-order valence-corrected chi connectivity index (χ1v) is 8.12. The highest BCUT2D eigenvalue weighted by Gasteiger charge is 2.18. The topological polar surface area (TPSA) is 74.7 Å². The number of benzene rings is 1. The van der Waals surface area contributed by atoms with Gasteiger partial charge < -0.3 is 5.11 Å². The van der Waals surface area contributed by atoms with Crippen molar-refractivity contribution in [2.45, 2.75) is 19.4 Å². The number of aliphatic carboxylic acids is 1. The fraction of sp³-hybridized carbons (Fsp3) is 0.417. The second kappa shape index (κ2) is 7.02. The third kappa shape index (κ3) is 5.30. The Balaban J connectivity index is 2.64. The van der Waals surface area contributed by atoms with E-state index in [0.717, 1.165) is 10.0 Å². The molecular formula is C12H16BrNO4S. The van der Waals surface area contributed by atoms with Crippen molar-refractivity contribution in [1.29, 1.82) is 0 Å². The van der Waals surface area contributed by atoms with E-state index >= 15 is 0 Å². The van der Waals surface area contributed by atoms with Crippen molar-refractivity contribution in [3.63, 3.8) is 0 Å². The summed E-state index contributed by atoms with van der Waals surface area (Å²) in [5.74, 6) is -1.14. The van der Waals surface area contributed by atoms with Crippen molar-refractivity contribution >= 4 is 31.9 Å². The van der Waals surface area contributed by atoms with Crippen LogP contribution in [0.25, 0.3) is 0 Å². The molecule has 7 heteroatoms. The summed E-state index contributed by atoms with van der Waals surface area (Å²) in [5.41, 5.74) is 0.867. The largest absolute Gasteiger partial charge is 0.481 e. The van der Waals surface area contributed by atoms with Crippen molar-refractivity contribution in [1.82, 2.24) is 4.31 Å². The first-order chi connectivity index (χ1) is 8.83. The Kier molecular flexibility index (Phi) is 5.96. The van der Waals surface area contributed by atoms with Gasteiger partial charge in [0.15, 0.2) is 0 Å². The summed E-state index contributed by atoms with van der Waals surface area (Å²) in [5, 5.41) is 8.51. The van der Waals surface area contributed by atoms with Gasteiger partial charge in [-0.1, -0.05) is 34.1 Å². The molecule has 0 saturated carbocycles. The number of carbonyl (C=O) groups is 1. The number of hydrogen-bond acceptors (Lipinski definition) is 3. The Hall–Kier alpha value is -0.920. The van der Waals surface area contributed by atoms with Crippen LogP contribution < -0.4 is 0 Å². The normalized spacial score (nSPS) is 11.7. The van der Waals surface area contributed by atoms with Crippen LogP contribution in [0.15, 0.2) is 28.7 Å². The Morgan fingerprint density at radius 2 is 2.00 bits per heavy atom. The summed E-state index contributed by atoms with van der Waals surface area (Å²) in [6.07, 6.45) is -0.0138. The predicted molar refractivity (Wildman–Crippen MR) is 76.3 cm³/mol. The maximum Gasteiger partial charge on any atom is 0.303 e. The van der Waals surface area contributed by atoms with Gasteiger partial charge in [-0.3, -0.25) is 4.79 Å². The lowest BCUT2D eigenvalue weighted by molar-refractivity contribution is -0.137. The standard InChI is InChI=1S/C12H16BrNO4S/c1-14(9-10-5-2-3-6-11(10)13)19(17,18)8-4-7-12(15)16/h2-3,5-6H,4,7-9H2,1H3,(H,15,16). The van der Waals surface area contributed by atoms with E-state index in [1.165, 1.54) is 11.4 Å². The second-order valence-electron chi connectivity index (χ2n) is 4.16. The number of carboxylic acid groups (broad SMARTS) is 1.